The van der Waals surface area contributed by atoms with E-state index in [1.165, 1.54) is 10.6 Å². The lowest BCUT2D eigenvalue weighted by molar-refractivity contribution is 0.649. The number of hydrogen-bond donors (Lipinski definition) is 2. The van der Waals surface area contributed by atoms with Crippen molar-refractivity contribution in [3.8, 4) is 0 Å². The molecule has 1 aromatic heterocycles. The molecule has 2 aromatic rings. The summed E-state index contributed by atoms with van der Waals surface area (Å²) in [6.45, 7) is 9.65. The van der Waals surface area contributed by atoms with Gasteiger partial charge in [-0.1, -0.05) is 17.7 Å². The van der Waals surface area contributed by atoms with E-state index >= 15 is 0 Å². The van der Waals surface area contributed by atoms with Crippen molar-refractivity contribution < 1.29 is 0 Å². The number of hydrogen-bond acceptors (Lipinski definition) is 4. The van der Waals surface area contributed by atoms with Crippen LogP contribution in [0.2, 0.25) is 5.02 Å². The lowest BCUT2D eigenvalue weighted by Gasteiger charge is -2.20. The van der Waals surface area contributed by atoms with Crippen LogP contribution in [-0.2, 0) is 6.54 Å². The summed E-state index contributed by atoms with van der Waals surface area (Å²) < 4.78 is 0. The van der Waals surface area contributed by atoms with Gasteiger partial charge in [-0.05, 0) is 45.4 Å². The Morgan fingerprint density at radius 3 is 2.96 bits per heavy atom. The minimum absolute atomic E-state index is 0.367. The van der Waals surface area contributed by atoms with E-state index in [4.69, 9.17) is 16.6 Å². The number of aromatic nitrogens is 1. The Bertz CT molecular complexity index is 754. The molecule has 1 unspecified atom stereocenters. The number of guanidine groups is 1. The lowest BCUT2D eigenvalue weighted by atomic mass is 10.3. The first-order chi connectivity index (χ1) is 12.5. The molecule has 0 spiro atoms. The molecular formula is C19H26ClN5S. The van der Waals surface area contributed by atoms with Crippen molar-refractivity contribution in [1.82, 2.24) is 15.6 Å². The van der Waals surface area contributed by atoms with Gasteiger partial charge in [0.1, 0.15) is 5.01 Å². The molecule has 5 nitrogen and oxygen atoms in total. The largest absolute Gasteiger partial charge is 0.369 e. The van der Waals surface area contributed by atoms with Crippen LogP contribution in [0.3, 0.4) is 0 Å². The average Bonchev–Trinajstić information content (AvgIpc) is 3.20. The van der Waals surface area contributed by atoms with Crippen molar-refractivity contribution in [3.63, 3.8) is 0 Å². The van der Waals surface area contributed by atoms with E-state index in [0.717, 1.165) is 47.7 Å². The van der Waals surface area contributed by atoms with Crippen LogP contribution in [0, 0.1) is 13.8 Å². The number of anilines is 1. The maximum absolute atomic E-state index is 6.12. The highest BCUT2D eigenvalue weighted by atomic mass is 35.5. The van der Waals surface area contributed by atoms with Gasteiger partial charge in [0.05, 0.1) is 12.2 Å². The molecule has 3 rings (SSSR count). The fourth-order valence-electron chi connectivity index (χ4n) is 3.05. The maximum atomic E-state index is 6.12. The van der Waals surface area contributed by atoms with Gasteiger partial charge in [0.2, 0.25) is 0 Å². The molecule has 1 atom stereocenters. The molecule has 0 amide bonds. The maximum Gasteiger partial charge on any atom is 0.191 e. The first-order valence-corrected chi connectivity index (χ1v) is 10.2. The Labute approximate surface area is 164 Å². The van der Waals surface area contributed by atoms with E-state index in [-0.39, 0.29) is 0 Å². The van der Waals surface area contributed by atoms with Gasteiger partial charge in [0, 0.05) is 41.3 Å². The number of aliphatic imine (C=N–C) groups is 1. The van der Waals surface area contributed by atoms with Crippen LogP contribution in [0.4, 0.5) is 5.69 Å². The van der Waals surface area contributed by atoms with Crippen LogP contribution in [0.5, 0.6) is 0 Å². The zero-order valence-corrected chi connectivity index (χ0v) is 17.1. The topological polar surface area (TPSA) is 52.6 Å². The summed E-state index contributed by atoms with van der Waals surface area (Å²) in [7, 11) is 0. The van der Waals surface area contributed by atoms with Gasteiger partial charge in [0.25, 0.3) is 0 Å². The molecule has 26 heavy (non-hydrogen) atoms. The minimum atomic E-state index is 0.367. The van der Waals surface area contributed by atoms with Crippen molar-refractivity contribution in [3.05, 3.63) is 44.9 Å². The first kappa shape index (κ1) is 19.0. The third-order valence-electron chi connectivity index (χ3n) is 4.49. The first-order valence-electron chi connectivity index (χ1n) is 9.03. The van der Waals surface area contributed by atoms with E-state index in [9.17, 15) is 0 Å². The van der Waals surface area contributed by atoms with Gasteiger partial charge in [-0.15, -0.1) is 11.3 Å². The van der Waals surface area contributed by atoms with Crippen LogP contribution in [-0.4, -0.2) is 36.6 Å². The highest BCUT2D eigenvalue weighted by molar-refractivity contribution is 7.11. The number of aryl methyl sites for hydroxylation is 2. The molecule has 1 fully saturated rings. The smallest absolute Gasteiger partial charge is 0.191 e. The summed E-state index contributed by atoms with van der Waals surface area (Å²) in [6.07, 6.45) is 1.08. The molecule has 7 heteroatoms. The Morgan fingerprint density at radius 1 is 1.42 bits per heavy atom. The molecule has 2 heterocycles. The van der Waals surface area contributed by atoms with Gasteiger partial charge in [0.15, 0.2) is 5.96 Å². The van der Waals surface area contributed by atoms with Crippen LogP contribution in [0.15, 0.2) is 29.3 Å². The van der Waals surface area contributed by atoms with Gasteiger partial charge in [-0.2, -0.15) is 0 Å². The van der Waals surface area contributed by atoms with Crippen molar-refractivity contribution in [2.45, 2.75) is 39.8 Å². The molecule has 140 valence electrons. The second kappa shape index (κ2) is 8.73. The summed E-state index contributed by atoms with van der Waals surface area (Å²) in [4.78, 5) is 12.9. The monoisotopic (exact) mass is 391 g/mol. The van der Waals surface area contributed by atoms with E-state index in [1.807, 2.05) is 25.1 Å². The number of nitrogens with one attached hydrogen (secondary N) is 2. The predicted octanol–water partition coefficient (Wildman–Crippen LogP) is 3.75. The van der Waals surface area contributed by atoms with Crippen LogP contribution in [0.1, 0.15) is 28.9 Å². The number of rotatable bonds is 5. The average molecular weight is 392 g/mol. The molecule has 0 radical (unpaired) electrons. The van der Waals surface area contributed by atoms with Gasteiger partial charge in [-0.25, -0.2) is 9.98 Å². The van der Waals surface area contributed by atoms with Crippen molar-refractivity contribution in [2.24, 2.45) is 4.99 Å². The van der Waals surface area contributed by atoms with Crippen LogP contribution in [0.25, 0.3) is 0 Å². The molecular weight excluding hydrogens is 366 g/mol. The summed E-state index contributed by atoms with van der Waals surface area (Å²) in [5, 5.41) is 8.74. The number of thiazole rings is 1. The van der Waals surface area contributed by atoms with Crippen LogP contribution < -0.4 is 15.5 Å². The minimum Gasteiger partial charge on any atom is -0.369 e. The molecule has 2 N–H and O–H groups in total. The highest BCUT2D eigenvalue weighted by Crippen LogP contribution is 2.23. The zero-order chi connectivity index (χ0) is 18.5. The number of halogens is 1. The second-order valence-electron chi connectivity index (χ2n) is 6.50. The predicted molar refractivity (Wildman–Crippen MR) is 112 cm³/mol. The standard InChI is InChI=1S/C19H26ClN5S/c1-4-21-19(22-11-18-23-13(2)14(3)26-18)24-16-8-9-25(12-16)17-7-5-6-15(20)10-17/h5-7,10,16H,4,8-9,11-12H2,1-3H3,(H2,21,22,24). The summed E-state index contributed by atoms with van der Waals surface area (Å²) >= 11 is 7.84. The number of benzene rings is 1. The summed E-state index contributed by atoms with van der Waals surface area (Å²) in [6, 6.07) is 8.42. The van der Waals surface area contributed by atoms with E-state index in [1.54, 1.807) is 11.3 Å². The summed E-state index contributed by atoms with van der Waals surface area (Å²) in [5.41, 5.74) is 2.28. The van der Waals surface area contributed by atoms with Crippen molar-refractivity contribution in [1.29, 1.82) is 0 Å². The van der Waals surface area contributed by atoms with Gasteiger partial charge >= 0.3 is 0 Å². The quantitative estimate of drug-likeness (QED) is 0.602. The Balaban J connectivity index is 1.60. The van der Waals surface area contributed by atoms with E-state index in [0.29, 0.717) is 12.6 Å². The normalized spacial score (nSPS) is 17.6. The van der Waals surface area contributed by atoms with E-state index in [2.05, 4.69) is 40.4 Å². The van der Waals surface area contributed by atoms with Gasteiger partial charge < -0.3 is 15.5 Å². The molecule has 0 aliphatic carbocycles. The molecule has 1 aliphatic heterocycles. The summed E-state index contributed by atoms with van der Waals surface area (Å²) in [5.74, 6) is 0.857. The Hall–Kier alpha value is -1.79. The van der Waals surface area contributed by atoms with E-state index < -0.39 is 0 Å². The van der Waals surface area contributed by atoms with Crippen molar-refractivity contribution >= 4 is 34.6 Å². The fourth-order valence-corrected chi connectivity index (χ4v) is 4.10. The molecule has 0 bridgehead atoms. The number of nitrogens with zero attached hydrogens (tertiary/aromatic N) is 3. The van der Waals surface area contributed by atoms with Crippen molar-refractivity contribution in [2.75, 3.05) is 24.5 Å². The SMILES string of the molecule is CCNC(=NCc1nc(C)c(C)s1)NC1CCN(c2cccc(Cl)c2)C1. The Kier molecular flexibility index (Phi) is 6.38. The van der Waals surface area contributed by atoms with Gasteiger partial charge in [-0.3, -0.25) is 0 Å². The van der Waals surface area contributed by atoms with Crippen LogP contribution >= 0.6 is 22.9 Å². The molecule has 1 aromatic carbocycles. The molecule has 0 saturated carbocycles. The third kappa shape index (κ3) is 4.89. The fraction of sp³-hybridized carbons (Fsp3) is 0.474. The zero-order valence-electron chi connectivity index (χ0n) is 15.6. The second-order valence-corrected chi connectivity index (χ2v) is 8.22. The molecule has 1 aliphatic rings. The highest BCUT2D eigenvalue weighted by Gasteiger charge is 2.23. The Morgan fingerprint density at radius 2 is 2.27 bits per heavy atom. The molecule has 1 saturated heterocycles. The lowest BCUT2D eigenvalue weighted by Crippen LogP contribution is -2.44. The third-order valence-corrected chi connectivity index (χ3v) is 5.78.